The molecule has 1 aromatic heterocycles. The van der Waals surface area contributed by atoms with Gasteiger partial charge in [0.15, 0.2) is 12.4 Å². The monoisotopic (exact) mass is 539 g/mol. The van der Waals surface area contributed by atoms with Gasteiger partial charge in [-0.25, -0.2) is 13.9 Å². The minimum atomic E-state index is -0.757. The maximum atomic E-state index is 13.2. The van der Waals surface area contributed by atoms with E-state index in [0.717, 1.165) is 6.08 Å². The molecule has 0 bridgehead atoms. The minimum Gasteiger partial charge on any atom is -0.455 e. The molecule has 0 aliphatic carbocycles. The molecule has 188 valence electrons. The van der Waals surface area contributed by atoms with Crippen molar-refractivity contribution in [1.29, 1.82) is 0 Å². The van der Waals surface area contributed by atoms with E-state index in [0.29, 0.717) is 39.2 Å². The molecule has 37 heavy (non-hydrogen) atoms. The number of benzene rings is 3. The lowest BCUT2D eigenvalue weighted by molar-refractivity contribution is -0.142. The number of nitrogens with one attached hydrogen (secondary N) is 1. The van der Waals surface area contributed by atoms with Crippen LogP contribution in [0.25, 0.3) is 11.8 Å². The molecule has 0 aliphatic rings. The second-order valence-electron chi connectivity index (χ2n) is 7.72. The van der Waals surface area contributed by atoms with Gasteiger partial charge in [0.2, 0.25) is 0 Å². The molecule has 0 aliphatic heterocycles. The van der Waals surface area contributed by atoms with Crippen molar-refractivity contribution in [2.45, 2.75) is 6.92 Å². The number of aryl methyl sites for hydroxylation is 1. The fourth-order valence-electron chi connectivity index (χ4n) is 3.28. The molecular formula is C27H20Cl2FN3O4. The smallest absolute Gasteiger partial charge is 0.331 e. The minimum absolute atomic E-state index is 0.234. The molecule has 0 unspecified atom stereocenters. The van der Waals surface area contributed by atoms with E-state index in [2.05, 4.69) is 10.4 Å². The molecule has 1 amide bonds. The van der Waals surface area contributed by atoms with Gasteiger partial charge in [-0.05, 0) is 67.6 Å². The van der Waals surface area contributed by atoms with Crippen LogP contribution in [0, 0.1) is 12.7 Å². The van der Waals surface area contributed by atoms with Crippen molar-refractivity contribution in [1.82, 2.24) is 9.78 Å². The lowest BCUT2D eigenvalue weighted by Gasteiger charge is -2.12. The highest BCUT2D eigenvalue weighted by atomic mass is 35.5. The third kappa shape index (κ3) is 6.75. The largest absolute Gasteiger partial charge is 0.455 e. The highest BCUT2D eigenvalue weighted by Crippen LogP contribution is 2.32. The zero-order chi connectivity index (χ0) is 26.4. The number of anilines is 1. The zero-order valence-corrected chi connectivity index (χ0v) is 21.0. The molecule has 0 saturated carbocycles. The number of aromatic nitrogens is 2. The van der Waals surface area contributed by atoms with Crippen LogP contribution in [-0.2, 0) is 14.3 Å². The molecule has 0 saturated heterocycles. The third-order valence-corrected chi connectivity index (χ3v) is 5.64. The van der Waals surface area contributed by atoms with Gasteiger partial charge in [-0.1, -0.05) is 41.4 Å². The van der Waals surface area contributed by atoms with Crippen molar-refractivity contribution in [3.05, 3.63) is 106 Å². The fraction of sp³-hybridized carbons (Fsp3) is 0.0741. The molecule has 3 aromatic carbocycles. The summed E-state index contributed by atoms with van der Waals surface area (Å²) in [5.41, 5.74) is 1.91. The third-order valence-electron chi connectivity index (χ3n) is 5.04. The Hall–Kier alpha value is -4.14. The van der Waals surface area contributed by atoms with E-state index in [1.165, 1.54) is 41.1 Å². The molecule has 1 heterocycles. The quantitative estimate of drug-likeness (QED) is 0.201. The first-order valence-electron chi connectivity index (χ1n) is 11.0. The number of carbonyl (C=O) groups is 2. The Morgan fingerprint density at radius 1 is 1.05 bits per heavy atom. The van der Waals surface area contributed by atoms with E-state index in [4.69, 9.17) is 32.7 Å². The van der Waals surface area contributed by atoms with E-state index in [1.807, 2.05) is 18.2 Å². The van der Waals surface area contributed by atoms with Crippen molar-refractivity contribution in [3.8, 4) is 17.2 Å². The van der Waals surface area contributed by atoms with E-state index >= 15 is 0 Å². The van der Waals surface area contributed by atoms with Crippen LogP contribution >= 0.6 is 23.2 Å². The predicted octanol–water partition coefficient (Wildman–Crippen LogP) is 6.61. The van der Waals surface area contributed by atoms with Gasteiger partial charge in [-0.15, -0.1) is 0 Å². The number of nitrogens with zero attached hydrogens (tertiary/aromatic N) is 2. The van der Waals surface area contributed by atoms with E-state index in [1.54, 1.807) is 31.2 Å². The molecule has 4 rings (SSSR count). The van der Waals surface area contributed by atoms with Crippen LogP contribution in [0.15, 0.2) is 78.9 Å². The van der Waals surface area contributed by atoms with Crippen molar-refractivity contribution in [2.75, 3.05) is 11.9 Å². The summed E-state index contributed by atoms with van der Waals surface area (Å²) in [6.07, 6.45) is 2.58. The summed E-state index contributed by atoms with van der Waals surface area (Å²) >= 11 is 12.5. The number of carbonyl (C=O) groups excluding carboxylic acids is 2. The highest BCUT2D eigenvalue weighted by molar-refractivity contribution is 6.31. The fourth-order valence-corrected chi connectivity index (χ4v) is 3.79. The van der Waals surface area contributed by atoms with Crippen LogP contribution in [0.5, 0.6) is 11.5 Å². The van der Waals surface area contributed by atoms with Crippen LogP contribution in [0.4, 0.5) is 10.1 Å². The van der Waals surface area contributed by atoms with Gasteiger partial charge in [0.25, 0.3) is 5.91 Å². The van der Waals surface area contributed by atoms with Crippen LogP contribution in [-0.4, -0.2) is 28.3 Å². The molecule has 10 heteroatoms. The van der Waals surface area contributed by atoms with Crippen molar-refractivity contribution < 1.29 is 23.5 Å². The summed E-state index contributed by atoms with van der Waals surface area (Å²) in [7, 11) is 0. The molecule has 0 atom stereocenters. The van der Waals surface area contributed by atoms with E-state index < -0.39 is 18.5 Å². The number of ether oxygens (including phenoxy) is 2. The lowest BCUT2D eigenvalue weighted by Crippen LogP contribution is -2.20. The average molecular weight is 540 g/mol. The Morgan fingerprint density at radius 3 is 2.51 bits per heavy atom. The first-order chi connectivity index (χ1) is 17.8. The lowest BCUT2D eigenvalue weighted by atomic mass is 10.2. The highest BCUT2D eigenvalue weighted by Gasteiger charge is 2.14. The van der Waals surface area contributed by atoms with Crippen LogP contribution < -0.4 is 10.1 Å². The summed E-state index contributed by atoms with van der Waals surface area (Å²) in [5, 5.41) is 7.59. The topological polar surface area (TPSA) is 82.5 Å². The molecule has 4 aromatic rings. The number of esters is 1. The molecule has 1 N–H and O–H groups in total. The Bertz CT molecular complexity index is 1450. The Labute approximate surface area is 222 Å². The number of para-hydroxylation sites is 1. The first-order valence-corrected chi connectivity index (χ1v) is 11.7. The maximum absolute atomic E-state index is 13.2. The molecular weight excluding hydrogens is 520 g/mol. The first kappa shape index (κ1) is 25.9. The summed E-state index contributed by atoms with van der Waals surface area (Å²) in [5.74, 6) is -0.773. The number of hydrogen-bond donors (Lipinski definition) is 1. The SMILES string of the molecule is Cc1nn(-c2ccc(F)cc2)c(Cl)c1C=CC(=O)OCC(=O)Nc1cc(Cl)ccc1Oc1ccccc1. The summed E-state index contributed by atoms with van der Waals surface area (Å²) < 4.78 is 25.5. The van der Waals surface area contributed by atoms with Gasteiger partial charge in [-0.3, -0.25) is 4.79 Å². The number of rotatable bonds is 8. The normalized spacial score (nSPS) is 10.9. The average Bonchev–Trinajstić information content (AvgIpc) is 3.17. The maximum Gasteiger partial charge on any atom is 0.331 e. The molecule has 0 fully saturated rings. The van der Waals surface area contributed by atoms with Gasteiger partial charge in [0, 0.05) is 16.7 Å². The second kappa shape index (κ2) is 11.7. The van der Waals surface area contributed by atoms with Crippen molar-refractivity contribution in [3.63, 3.8) is 0 Å². The van der Waals surface area contributed by atoms with E-state index in [-0.39, 0.29) is 11.0 Å². The van der Waals surface area contributed by atoms with Crippen molar-refractivity contribution >= 4 is 46.8 Å². The number of halogens is 3. The van der Waals surface area contributed by atoms with E-state index in [9.17, 15) is 14.0 Å². The van der Waals surface area contributed by atoms with Gasteiger partial charge in [-0.2, -0.15) is 5.10 Å². The Balaban J connectivity index is 1.37. The predicted molar refractivity (Wildman–Crippen MR) is 140 cm³/mol. The molecule has 7 nitrogen and oxygen atoms in total. The summed E-state index contributed by atoms with van der Waals surface area (Å²) in [6, 6.07) is 19.5. The van der Waals surface area contributed by atoms with Crippen LogP contribution in [0.3, 0.4) is 0 Å². The summed E-state index contributed by atoms with van der Waals surface area (Å²) in [4.78, 5) is 24.7. The van der Waals surface area contributed by atoms with Gasteiger partial charge < -0.3 is 14.8 Å². The molecule has 0 spiro atoms. The van der Waals surface area contributed by atoms with Gasteiger partial charge in [0.05, 0.1) is 17.1 Å². The van der Waals surface area contributed by atoms with Gasteiger partial charge in [0.1, 0.15) is 16.7 Å². The standard InChI is InChI=1S/C27H20Cl2FN3O4/c1-17-22(27(29)33(32-17)20-10-8-19(30)9-11-20)12-14-26(35)36-16-25(34)31-23-15-18(28)7-13-24(23)37-21-5-3-2-4-6-21/h2-15H,16H2,1H3,(H,31,34). The Morgan fingerprint density at radius 2 is 1.78 bits per heavy atom. The van der Waals surface area contributed by atoms with Gasteiger partial charge >= 0.3 is 5.97 Å². The summed E-state index contributed by atoms with van der Waals surface area (Å²) in [6.45, 7) is 1.17. The molecule has 0 radical (unpaired) electrons. The van der Waals surface area contributed by atoms with Crippen LogP contribution in [0.2, 0.25) is 10.2 Å². The Kier molecular flexibility index (Phi) is 8.22. The number of hydrogen-bond acceptors (Lipinski definition) is 5. The second-order valence-corrected chi connectivity index (χ2v) is 8.52. The van der Waals surface area contributed by atoms with Crippen molar-refractivity contribution in [2.24, 2.45) is 0 Å². The van der Waals surface area contributed by atoms with Crippen LogP contribution in [0.1, 0.15) is 11.3 Å². The number of amides is 1. The zero-order valence-electron chi connectivity index (χ0n) is 19.5.